The van der Waals surface area contributed by atoms with Gasteiger partial charge in [0.2, 0.25) is 5.91 Å². The van der Waals surface area contributed by atoms with E-state index in [2.05, 4.69) is 16.0 Å². The van der Waals surface area contributed by atoms with E-state index >= 15 is 0 Å². The predicted molar refractivity (Wildman–Crippen MR) is 82.2 cm³/mol. The lowest BCUT2D eigenvalue weighted by molar-refractivity contribution is -0.137. The lowest BCUT2D eigenvalue weighted by atomic mass is 10.1. The third-order valence-corrected chi connectivity index (χ3v) is 3.18. The zero-order chi connectivity index (χ0) is 18.3. The summed E-state index contributed by atoms with van der Waals surface area (Å²) in [6.45, 7) is 0.0121. The number of amides is 3. The normalized spacial score (nSPS) is 11.0. The van der Waals surface area contributed by atoms with E-state index in [1.807, 2.05) is 0 Å². The molecule has 0 fully saturated rings. The van der Waals surface area contributed by atoms with Crippen LogP contribution in [0.1, 0.15) is 16.9 Å². The van der Waals surface area contributed by atoms with E-state index in [-0.39, 0.29) is 19.6 Å². The van der Waals surface area contributed by atoms with Crippen molar-refractivity contribution in [2.45, 2.75) is 19.3 Å². The summed E-state index contributed by atoms with van der Waals surface area (Å²) < 4.78 is 42.4. The number of carbonyl (C=O) groups excluding carboxylic acids is 2. The zero-order valence-electron chi connectivity index (χ0n) is 13.0. The first-order chi connectivity index (χ1) is 11.8. The molecule has 0 saturated heterocycles. The van der Waals surface area contributed by atoms with Crippen LogP contribution in [0, 0.1) is 0 Å². The summed E-state index contributed by atoms with van der Waals surface area (Å²) in [6.07, 6.45) is -2.92. The van der Waals surface area contributed by atoms with E-state index in [0.29, 0.717) is 11.3 Å². The first-order valence-corrected chi connectivity index (χ1v) is 7.31. The quantitative estimate of drug-likeness (QED) is 0.744. The summed E-state index contributed by atoms with van der Waals surface area (Å²) >= 11 is 0. The molecular weight excluding hydrogens is 339 g/mol. The molecule has 0 saturated carbocycles. The average Bonchev–Trinajstić information content (AvgIpc) is 3.09. The van der Waals surface area contributed by atoms with Crippen LogP contribution in [0.5, 0.6) is 0 Å². The van der Waals surface area contributed by atoms with Gasteiger partial charge in [-0.05, 0) is 29.8 Å². The lowest BCUT2D eigenvalue weighted by Gasteiger charge is -2.09. The number of hydrogen-bond acceptors (Lipinski definition) is 3. The van der Waals surface area contributed by atoms with Crippen LogP contribution in [0.3, 0.4) is 0 Å². The van der Waals surface area contributed by atoms with Crippen molar-refractivity contribution < 1.29 is 27.2 Å². The molecule has 25 heavy (non-hydrogen) atoms. The molecule has 1 aromatic carbocycles. The first kappa shape index (κ1) is 18.4. The van der Waals surface area contributed by atoms with Gasteiger partial charge in [0.05, 0.1) is 24.9 Å². The fraction of sp³-hybridized carbons (Fsp3) is 0.250. The smallest absolute Gasteiger partial charge is 0.416 e. The summed E-state index contributed by atoms with van der Waals surface area (Å²) in [5.74, 6) is 0.182. The van der Waals surface area contributed by atoms with Gasteiger partial charge >= 0.3 is 12.2 Å². The maximum Gasteiger partial charge on any atom is 0.416 e. The van der Waals surface area contributed by atoms with Crippen molar-refractivity contribution in [3.8, 4) is 0 Å². The van der Waals surface area contributed by atoms with Crippen LogP contribution < -0.4 is 16.0 Å². The monoisotopic (exact) mass is 355 g/mol. The minimum Gasteiger partial charge on any atom is -0.467 e. The highest BCUT2D eigenvalue weighted by Crippen LogP contribution is 2.28. The molecule has 2 rings (SSSR count). The Balaban J connectivity index is 1.67. The van der Waals surface area contributed by atoms with Gasteiger partial charge in [-0.3, -0.25) is 4.79 Å². The van der Waals surface area contributed by atoms with Crippen molar-refractivity contribution in [1.82, 2.24) is 16.0 Å². The maximum absolute atomic E-state index is 12.4. The first-order valence-electron chi connectivity index (χ1n) is 7.31. The van der Waals surface area contributed by atoms with Crippen LogP contribution in [-0.4, -0.2) is 18.5 Å². The highest BCUT2D eigenvalue weighted by atomic mass is 19.4. The molecule has 3 amide bonds. The summed E-state index contributed by atoms with van der Waals surface area (Å²) in [6, 6.07) is 7.22. The Morgan fingerprint density at radius 2 is 1.68 bits per heavy atom. The van der Waals surface area contributed by atoms with E-state index < -0.39 is 23.7 Å². The number of urea groups is 1. The minimum atomic E-state index is -4.40. The largest absolute Gasteiger partial charge is 0.467 e. The third-order valence-electron chi connectivity index (χ3n) is 3.18. The molecule has 2 aromatic rings. The van der Waals surface area contributed by atoms with Gasteiger partial charge in [-0.1, -0.05) is 12.1 Å². The number of benzene rings is 1. The molecule has 0 aliphatic rings. The van der Waals surface area contributed by atoms with Crippen molar-refractivity contribution >= 4 is 11.9 Å². The number of furan rings is 1. The van der Waals surface area contributed by atoms with Crippen LogP contribution in [0.4, 0.5) is 18.0 Å². The predicted octanol–water partition coefficient (Wildman–Crippen LogP) is 2.41. The Morgan fingerprint density at radius 3 is 2.28 bits per heavy atom. The second kappa shape index (κ2) is 8.22. The molecule has 1 heterocycles. The van der Waals surface area contributed by atoms with E-state index in [4.69, 9.17) is 4.42 Å². The van der Waals surface area contributed by atoms with Gasteiger partial charge in [-0.15, -0.1) is 0 Å². The van der Waals surface area contributed by atoms with Crippen LogP contribution >= 0.6 is 0 Å². The number of alkyl halides is 3. The van der Waals surface area contributed by atoms with E-state index in [9.17, 15) is 22.8 Å². The Kier molecular flexibility index (Phi) is 6.04. The fourth-order valence-electron chi connectivity index (χ4n) is 1.88. The van der Waals surface area contributed by atoms with Crippen LogP contribution in [-0.2, 0) is 24.1 Å². The van der Waals surface area contributed by atoms with Crippen LogP contribution in [0.2, 0.25) is 0 Å². The highest BCUT2D eigenvalue weighted by Gasteiger charge is 2.29. The van der Waals surface area contributed by atoms with Gasteiger partial charge in [-0.2, -0.15) is 13.2 Å². The van der Waals surface area contributed by atoms with Crippen molar-refractivity contribution in [1.29, 1.82) is 0 Å². The minimum absolute atomic E-state index is 0.0397. The molecule has 3 N–H and O–H groups in total. The SMILES string of the molecule is O=C(CNC(=O)NCc1ccc(C(F)(F)F)cc1)NCc1ccco1. The molecule has 0 unspecified atom stereocenters. The summed E-state index contributed by atoms with van der Waals surface area (Å²) in [5.41, 5.74) is -0.251. The Morgan fingerprint density at radius 1 is 0.960 bits per heavy atom. The molecule has 0 bridgehead atoms. The van der Waals surface area contributed by atoms with Gasteiger partial charge in [-0.25, -0.2) is 4.79 Å². The summed E-state index contributed by atoms with van der Waals surface area (Å²) in [5, 5.41) is 7.35. The summed E-state index contributed by atoms with van der Waals surface area (Å²) in [7, 11) is 0. The van der Waals surface area contributed by atoms with Gasteiger partial charge < -0.3 is 20.4 Å². The molecule has 134 valence electrons. The average molecular weight is 355 g/mol. The molecule has 1 aromatic heterocycles. The fourth-order valence-corrected chi connectivity index (χ4v) is 1.88. The number of halogens is 3. The molecule has 0 radical (unpaired) electrons. The number of rotatable bonds is 6. The maximum atomic E-state index is 12.4. The van der Waals surface area contributed by atoms with Crippen molar-refractivity contribution in [2.24, 2.45) is 0 Å². The van der Waals surface area contributed by atoms with Crippen LogP contribution in [0.25, 0.3) is 0 Å². The molecule has 0 aliphatic heterocycles. The van der Waals surface area contributed by atoms with Crippen molar-refractivity contribution in [2.75, 3.05) is 6.54 Å². The second-order valence-corrected chi connectivity index (χ2v) is 5.09. The van der Waals surface area contributed by atoms with E-state index in [0.717, 1.165) is 12.1 Å². The zero-order valence-corrected chi connectivity index (χ0v) is 13.0. The van der Waals surface area contributed by atoms with Gasteiger partial charge in [0, 0.05) is 6.54 Å². The van der Waals surface area contributed by atoms with Gasteiger partial charge in [0.1, 0.15) is 5.76 Å². The second-order valence-electron chi connectivity index (χ2n) is 5.09. The Hall–Kier alpha value is -2.97. The molecular formula is C16H16F3N3O3. The van der Waals surface area contributed by atoms with Crippen molar-refractivity contribution in [3.63, 3.8) is 0 Å². The number of hydrogen-bond donors (Lipinski definition) is 3. The van der Waals surface area contributed by atoms with Crippen molar-refractivity contribution in [3.05, 3.63) is 59.5 Å². The Bertz CT molecular complexity index is 698. The van der Waals surface area contributed by atoms with Gasteiger partial charge in [0.15, 0.2) is 0 Å². The van der Waals surface area contributed by atoms with E-state index in [1.165, 1.54) is 18.4 Å². The number of carbonyl (C=O) groups is 2. The molecule has 0 aliphatic carbocycles. The third kappa shape index (κ3) is 6.21. The standard InChI is InChI=1S/C16H16F3N3O3/c17-16(18,19)12-5-3-11(4-6-12)8-21-15(24)22-10-14(23)20-9-13-2-1-7-25-13/h1-7H,8-10H2,(H,20,23)(H2,21,22,24). The van der Waals surface area contributed by atoms with E-state index in [1.54, 1.807) is 12.1 Å². The molecule has 0 spiro atoms. The van der Waals surface area contributed by atoms with Gasteiger partial charge in [0.25, 0.3) is 0 Å². The van der Waals surface area contributed by atoms with Crippen LogP contribution in [0.15, 0.2) is 47.1 Å². The molecule has 6 nitrogen and oxygen atoms in total. The highest BCUT2D eigenvalue weighted by molar-refractivity contribution is 5.83. The molecule has 9 heteroatoms. The summed E-state index contributed by atoms with van der Waals surface area (Å²) in [4.78, 5) is 23.1. The lowest BCUT2D eigenvalue weighted by Crippen LogP contribution is -2.41. The topological polar surface area (TPSA) is 83.4 Å². The molecule has 0 atom stereocenters. The Labute approximate surface area is 141 Å². The number of nitrogens with one attached hydrogen (secondary N) is 3.